The van der Waals surface area contributed by atoms with Crippen LogP contribution in [-0.4, -0.2) is 42.3 Å². The van der Waals surface area contributed by atoms with Gasteiger partial charge in [0.15, 0.2) is 11.5 Å². The molecule has 0 spiro atoms. The molecule has 6 nitrogen and oxygen atoms in total. The minimum atomic E-state index is -0.543. The molecule has 0 bridgehead atoms. The quantitative estimate of drug-likeness (QED) is 0.803. The Labute approximate surface area is 113 Å². The number of rotatable bonds is 5. The lowest BCUT2D eigenvalue weighted by Gasteiger charge is -2.29. The van der Waals surface area contributed by atoms with Gasteiger partial charge in [-0.25, -0.2) is 0 Å². The fourth-order valence-corrected chi connectivity index (χ4v) is 2.40. The number of primary amides is 1. The molecule has 6 heteroatoms. The molecule has 19 heavy (non-hydrogen) atoms. The highest BCUT2D eigenvalue weighted by Crippen LogP contribution is 2.16. The topological polar surface area (TPSA) is 84.1 Å². The molecule has 1 atom stereocenters. The van der Waals surface area contributed by atoms with E-state index in [0.717, 1.165) is 32.0 Å². The lowest BCUT2D eigenvalue weighted by atomic mass is 9.99. The Kier molecular flexibility index (Phi) is 4.68. The summed E-state index contributed by atoms with van der Waals surface area (Å²) in [5, 5.41) is 11.4. The molecule has 104 valence electrons. The first-order chi connectivity index (χ1) is 9.20. The molecular formula is C13H21N5O. The van der Waals surface area contributed by atoms with Gasteiger partial charge in [0.25, 0.3) is 5.91 Å². The van der Waals surface area contributed by atoms with Crippen LogP contribution in [0.4, 0.5) is 5.82 Å². The van der Waals surface area contributed by atoms with Crippen molar-refractivity contribution in [3.8, 4) is 0 Å². The van der Waals surface area contributed by atoms with Gasteiger partial charge in [-0.3, -0.25) is 4.79 Å². The van der Waals surface area contributed by atoms with E-state index >= 15 is 0 Å². The second-order valence-corrected chi connectivity index (χ2v) is 4.89. The SMILES string of the molecule is CCN(CC1CCCNC1)c1ccc(C(N)=O)nn1. The predicted molar refractivity (Wildman–Crippen MR) is 74.0 cm³/mol. The largest absolute Gasteiger partial charge is 0.364 e. The molecule has 3 N–H and O–H groups in total. The second kappa shape index (κ2) is 6.47. The third-order valence-corrected chi connectivity index (χ3v) is 3.49. The van der Waals surface area contributed by atoms with Crippen LogP contribution in [0, 0.1) is 5.92 Å². The number of carbonyl (C=O) groups excluding carboxylic acids is 1. The zero-order valence-corrected chi connectivity index (χ0v) is 11.3. The molecule has 1 aliphatic rings. The Morgan fingerprint density at radius 3 is 2.89 bits per heavy atom. The second-order valence-electron chi connectivity index (χ2n) is 4.89. The number of aromatic nitrogens is 2. The molecule has 1 amide bonds. The molecule has 0 saturated carbocycles. The first-order valence-corrected chi connectivity index (χ1v) is 6.80. The highest BCUT2D eigenvalue weighted by Gasteiger charge is 2.17. The van der Waals surface area contributed by atoms with E-state index in [1.165, 1.54) is 12.8 Å². The number of nitrogens with one attached hydrogen (secondary N) is 1. The van der Waals surface area contributed by atoms with E-state index in [4.69, 9.17) is 5.73 Å². The van der Waals surface area contributed by atoms with E-state index in [0.29, 0.717) is 5.92 Å². The third kappa shape index (κ3) is 3.64. The molecule has 1 aliphatic heterocycles. The molecule has 1 aromatic heterocycles. The average molecular weight is 263 g/mol. The zero-order valence-electron chi connectivity index (χ0n) is 11.3. The van der Waals surface area contributed by atoms with Crippen molar-refractivity contribution >= 4 is 11.7 Å². The van der Waals surface area contributed by atoms with Crippen molar-refractivity contribution in [1.29, 1.82) is 0 Å². The number of nitrogens with two attached hydrogens (primary N) is 1. The minimum Gasteiger partial charge on any atom is -0.364 e. The van der Waals surface area contributed by atoms with Crippen LogP contribution in [0.15, 0.2) is 12.1 Å². The number of piperidine rings is 1. The average Bonchev–Trinajstić information content (AvgIpc) is 2.46. The van der Waals surface area contributed by atoms with Gasteiger partial charge in [0.2, 0.25) is 0 Å². The first kappa shape index (κ1) is 13.7. The fraction of sp³-hybridized carbons (Fsp3) is 0.615. The maximum absolute atomic E-state index is 11.0. The lowest BCUT2D eigenvalue weighted by molar-refractivity contribution is 0.0994. The van der Waals surface area contributed by atoms with Crippen LogP contribution in [0.5, 0.6) is 0 Å². The van der Waals surface area contributed by atoms with Crippen molar-refractivity contribution in [2.45, 2.75) is 19.8 Å². The predicted octanol–water partition coefficient (Wildman–Crippen LogP) is 0.401. The van der Waals surface area contributed by atoms with Crippen LogP contribution in [-0.2, 0) is 0 Å². The van der Waals surface area contributed by atoms with Crippen LogP contribution in [0.2, 0.25) is 0 Å². The molecule has 2 heterocycles. The number of carbonyl (C=O) groups is 1. The number of hydrogen-bond donors (Lipinski definition) is 2. The smallest absolute Gasteiger partial charge is 0.269 e. The maximum atomic E-state index is 11.0. The highest BCUT2D eigenvalue weighted by molar-refractivity contribution is 5.90. The number of hydrogen-bond acceptors (Lipinski definition) is 5. The summed E-state index contributed by atoms with van der Waals surface area (Å²) >= 11 is 0. The maximum Gasteiger partial charge on any atom is 0.269 e. The summed E-state index contributed by atoms with van der Waals surface area (Å²) in [6.07, 6.45) is 2.48. The van der Waals surface area contributed by atoms with Crippen LogP contribution < -0.4 is 16.0 Å². The van der Waals surface area contributed by atoms with Gasteiger partial charge in [0, 0.05) is 13.1 Å². The molecule has 0 radical (unpaired) electrons. The van der Waals surface area contributed by atoms with Crippen molar-refractivity contribution in [2.75, 3.05) is 31.1 Å². The van der Waals surface area contributed by atoms with Gasteiger partial charge < -0.3 is 16.0 Å². The third-order valence-electron chi connectivity index (χ3n) is 3.49. The van der Waals surface area contributed by atoms with E-state index < -0.39 is 5.91 Å². The number of anilines is 1. The Morgan fingerprint density at radius 1 is 1.53 bits per heavy atom. The molecule has 1 aromatic rings. The summed E-state index contributed by atoms with van der Waals surface area (Å²) in [5.74, 6) is 0.906. The summed E-state index contributed by atoms with van der Waals surface area (Å²) in [5.41, 5.74) is 5.37. The fourth-order valence-electron chi connectivity index (χ4n) is 2.40. The van der Waals surface area contributed by atoms with E-state index in [2.05, 4.69) is 27.3 Å². The molecule has 2 rings (SSSR count). The molecule has 0 aliphatic carbocycles. The van der Waals surface area contributed by atoms with E-state index in [1.807, 2.05) is 6.07 Å². The number of amides is 1. The van der Waals surface area contributed by atoms with Gasteiger partial charge in [-0.05, 0) is 50.9 Å². The van der Waals surface area contributed by atoms with Crippen LogP contribution in [0.3, 0.4) is 0 Å². The molecule has 1 unspecified atom stereocenters. The summed E-state index contributed by atoms with van der Waals surface area (Å²) in [7, 11) is 0. The van der Waals surface area contributed by atoms with E-state index in [9.17, 15) is 4.79 Å². The standard InChI is InChI=1S/C13H21N5O/c1-2-18(9-10-4-3-7-15-8-10)12-6-5-11(13(14)19)16-17-12/h5-6,10,15H,2-4,7-9H2,1H3,(H2,14,19). The summed E-state index contributed by atoms with van der Waals surface area (Å²) < 4.78 is 0. The molecule has 1 fully saturated rings. The van der Waals surface area contributed by atoms with Crippen LogP contribution in [0.1, 0.15) is 30.3 Å². The zero-order chi connectivity index (χ0) is 13.7. The molecular weight excluding hydrogens is 242 g/mol. The minimum absolute atomic E-state index is 0.208. The van der Waals surface area contributed by atoms with Gasteiger partial charge in [-0.15, -0.1) is 10.2 Å². The van der Waals surface area contributed by atoms with Crippen molar-refractivity contribution < 1.29 is 4.79 Å². The molecule has 1 saturated heterocycles. The van der Waals surface area contributed by atoms with E-state index in [1.54, 1.807) is 6.07 Å². The normalized spacial score (nSPS) is 19.1. The van der Waals surface area contributed by atoms with Crippen molar-refractivity contribution in [3.63, 3.8) is 0 Å². The Hall–Kier alpha value is -1.69. The summed E-state index contributed by atoms with van der Waals surface area (Å²) in [6, 6.07) is 3.44. The van der Waals surface area contributed by atoms with Crippen LogP contribution >= 0.6 is 0 Å². The van der Waals surface area contributed by atoms with E-state index in [-0.39, 0.29) is 5.69 Å². The summed E-state index contributed by atoms with van der Waals surface area (Å²) in [6.45, 7) is 6.12. The van der Waals surface area contributed by atoms with Gasteiger partial charge in [0.05, 0.1) is 0 Å². The van der Waals surface area contributed by atoms with Gasteiger partial charge in [0.1, 0.15) is 0 Å². The Bertz CT molecular complexity index is 414. The molecule has 0 aromatic carbocycles. The number of nitrogens with zero attached hydrogens (tertiary/aromatic N) is 3. The van der Waals surface area contributed by atoms with Crippen LogP contribution in [0.25, 0.3) is 0 Å². The highest BCUT2D eigenvalue weighted by atomic mass is 16.1. The Morgan fingerprint density at radius 2 is 2.37 bits per heavy atom. The monoisotopic (exact) mass is 263 g/mol. The van der Waals surface area contributed by atoms with Gasteiger partial charge in [-0.2, -0.15) is 0 Å². The van der Waals surface area contributed by atoms with Gasteiger partial charge in [-0.1, -0.05) is 0 Å². The Balaban J connectivity index is 2.01. The van der Waals surface area contributed by atoms with Crippen molar-refractivity contribution in [2.24, 2.45) is 11.7 Å². The van der Waals surface area contributed by atoms with Crippen molar-refractivity contribution in [1.82, 2.24) is 15.5 Å². The van der Waals surface area contributed by atoms with Gasteiger partial charge >= 0.3 is 0 Å². The first-order valence-electron chi connectivity index (χ1n) is 6.80. The summed E-state index contributed by atoms with van der Waals surface area (Å²) in [4.78, 5) is 13.2. The lowest BCUT2D eigenvalue weighted by Crippen LogP contribution is -2.38. The van der Waals surface area contributed by atoms with Crippen molar-refractivity contribution in [3.05, 3.63) is 17.8 Å².